The van der Waals surface area contributed by atoms with Crippen LogP contribution in [-0.2, 0) is 6.42 Å². The lowest BCUT2D eigenvalue weighted by Gasteiger charge is -2.12. The molecule has 0 radical (unpaired) electrons. The van der Waals surface area contributed by atoms with Gasteiger partial charge < -0.3 is 4.74 Å². The Balaban J connectivity index is 1.98. The number of ether oxygens (including phenoxy) is 1. The topological polar surface area (TPSA) is 9.23 Å². The Morgan fingerprint density at radius 3 is 2.41 bits per heavy atom. The molecule has 27 heavy (non-hydrogen) atoms. The van der Waals surface area contributed by atoms with Crippen molar-refractivity contribution in [2.24, 2.45) is 0 Å². The van der Waals surface area contributed by atoms with Crippen LogP contribution < -0.4 is 4.74 Å². The standard InChI is InChI=1S/C21H15F5O/c1-2-3-4-13-5-8-16-14(11-13)6-9-17(20(16)23)15-7-10-19(18(22)12-15)27-21(24,25)26/h2,5-12H,1,3-4H2. The molecule has 0 saturated heterocycles. The number of allylic oxidation sites excluding steroid dienone is 1. The maximum Gasteiger partial charge on any atom is 0.573 e. The van der Waals surface area contributed by atoms with E-state index in [9.17, 15) is 22.0 Å². The molecule has 3 rings (SSSR count). The van der Waals surface area contributed by atoms with Gasteiger partial charge in [-0.3, -0.25) is 0 Å². The van der Waals surface area contributed by atoms with E-state index in [1.807, 2.05) is 6.07 Å². The van der Waals surface area contributed by atoms with Gasteiger partial charge in [-0.1, -0.05) is 42.5 Å². The van der Waals surface area contributed by atoms with Crippen molar-refractivity contribution in [3.05, 3.63) is 78.4 Å². The van der Waals surface area contributed by atoms with Crippen molar-refractivity contribution in [3.63, 3.8) is 0 Å². The summed E-state index contributed by atoms with van der Waals surface area (Å²) in [6.07, 6.45) is -1.61. The fourth-order valence-electron chi connectivity index (χ4n) is 2.86. The van der Waals surface area contributed by atoms with E-state index < -0.39 is 23.7 Å². The number of fused-ring (bicyclic) bond motifs is 1. The molecule has 0 heterocycles. The van der Waals surface area contributed by atoms with Gasteiger partial charge in [-0.15, -0.1) is 19.8 Å². The third kappa shape index (κ3) is 4.27. The van der Waals surface area contributed by atoms with Crippen LogP contribution in [-0.4, -0.2) is 6.36 Å². The number of halogens is 5. The van der Waals surface area contributed by atoms with Crippen LogP contribution in [0, 0.1) is 11.6 Å². The molecule has 140 valence electrons. The Bertz CT molecular complexity index is 992. The van der Waals surface area contributed by atoms with Gasteiger partial charge in [0.2, 0.25) is 0 Å². The first-order valence-corrected chi connectivity index (χ1v) is 8.16. The number of alkyl halides is 3. The second kappa shape index (κ2) is 7.39. The van der Waals surface area contributed by atoms with E-state index >= 15 is 0 Å². The largest absolute Gasteiger partial charge is 0.573 e. The minimum absolute atomic E-state index is 0.0961. The van der Waals surface area contributed by atoms with E-state index in [0.717, 1.165) is 30.5 Å². The zero-order valence-electron chi connectivity index (χ0n) is 14.1. The average Bonchev–Trinajstić information content (AvgIpc) is 2.61. The molecule has 0 unspecified atom stereocenters. The van der Waals surface area contributed by atoms with Gasteiger partial charge in [-0.25, -0.2) is 8.78 Å². The van der Waals surface area contributed by atoms with Crippen molar-refractivity contribution >= 4 is 10.8 Å². The number of rotatable bonds is 5. The fourth-order valence-corrected chi connectivity index (χ4v) is 2.86. The van der Waals surface area contributed by atoms with Gasteiger partial charge in [0.15, 0.2) is 11.6 Å². The van der Waals surface area contributed by atoms with Crippen molar-refractivity contribution in [2.45, 2.75) is 19.2 Å². The SMILES string of the molecule is C=CCCc1ccc2c(F)c(-c3ccc(OC(F)(F)F)c(F)c3)ccc2c1. The Kier molecular flexibility index (Phi) is 5.17. The van der Waals surface area contributed by atoms with Crippen LogP contribution in [0.5, 0.6) is 5.75 Å². The maximum atomic E-state index is 14.9. The first-order valence-electron chi connectivity index (χ1n) is 8.16. The molecule has 0 amide bonds. The lowest BCUT2D eigenvalue weighted by atomic mass is 9.98. The molecule has 0 N–H and O–H groups in total. The minimum atomic E-state index is -5.00. The van der Waals surface area contributed by atoms with Crippen LogP contribution >= 0.6 is 0 Å². The smallest absolute Gasteiger partial charge is 0.403 e. The molecule has 0 aliphatic rings. The quantitative estimate of drug-likeness (QED) is 0.350. The molecule has 0 aromatic heterocycles. The van der Waals surface area contributed by atoms with Gasteiger partial charge in [0.05, 0.1) is 0 Å². The van der Waals surface area contributed by atoms with Gasteiger partial charge in [0, 0.05) is 10.9 Å². The van der Waals surface area contributed by atoms with Gasteiger partial charge in [-0.05, 0) is 41.5 Å². The monoisotopic (exact) mass is 378 g/mol. The van der Waals surface area contributed by atoms with Crippen LogP contribution in [0.4, 0.5) is 22.0 Å². The summed E-state index contributed by atoms with van der Waals surface area (Å²) in [5, 5.41) is 1.04. The molecule has 3 aromatic carbocycles. The summed E-state index contributed by atoms with van der Waals surface area (Å²) in [6, 6.07) is 11.3. The molecule has 0 spiro atoms. The van der Waals surface area contributed by atoms with Crippen molar-refractivity contribution in [3.8, 4) is 16.9 Å². The van der Waals surface area contributed by atoms with E-state index in [-0.39, 0.29) is 11.1 Å². The van der Waals surface area contributed by atoms with Crippen molar-refractivity contribution in [1.29, 1.82) is 0 Å². The molecule has 0 saturated carbocycles. The zero-order valence-corrected chi connectivity index (χ0v) is 14.1. The highest BCUT2D eigenvalue weighted by molar-refractivity contribution is 5.88. The average molecular weight is 378 g/mol. The van der Waals surface area contributed by atoms with E-state index in [2.05, 4.69) is 11.3 Å². The summed E-state index contributed by atoms with van der Waals surface area (Å²) in [6.45, 7) is 3.67. The first-order chi connectivity index (χ1) is 12.8. The molecule has 0 aliphatic carbocycles. The maximum absolute atomic E-state index is 14.9. The predicted molar refractivity (Wildman–Crippen MR) is 94.5 cm³/mol. The molecular weight excluding hydrogens is 363 g/mol. The zero-order chi connectivity index (χ0) is 19.6. The summed E-state index contributed by atoms with van der Waals surface area (Å²) < 4.78 is 69.1. The van der Waals surface area contributed by atoms with Gasteiger partial charge >= 0.3 is 6.36 Å². The summed E-state index contributed by atoms with van der Waals surface area (Å²) in [4.78, 5) is 0. The van der Waals surface area contributed by atoms with Crippen LogP contribution in [0.25, 0.3) is 21.9 Å². The van der Waals surface area contributed by atoms with Gasteiger partial charge in [0.1, 0.15) is 5.82 Å². The number of hydrogen-bond donors (Lipinski definition) is 0. The fraction of sp³-hybridized carbons (Fsp3) is 0.143. The number of aryl methyl sites for hydroxylation is 1. The van der Waals surface area contributed by atoms with Crippen LogP contribution in [0.2, 0.25) is 0 Å². The number of benzene rings is 3. The van der Waals surface area contributed by atoms with Crippen molar-refractivity contribution < 1.29 is 26.7 Å². The Morgan fingerprint density at radius 1 is 0.963 bits per heavy atom. The third-order valence-corrected chi connectivity index (χ3v) is 4.12. The molecule has 0 bridgehead atoms. The first kappa shape index (κ1) is 18.9. The summed E-state index contributed by atoms with van der Waals surface area (Å²) in [7, 11) is 0. The summed E-state index contributed by atoms with van der Waals surface area (Å²) in [5.41, 5.74) is 1.25. The molecule has 3 aromatic rings. The predicted octanol–water partition coefficient (Wildman–Crippen LogP) is 6.80. The summed E-state index contributed by atoms with van der Waals surface area (Å²) >= 11 is 0. The highest BCUT2D eigenvalue weighted by Crippen LogP contribution is 2.33. The second-order valence-electron chi connectivity index (χ2n) is 6.00. The minimum Gasteiger partial charge on any atom is -0.403 e. The molecule has 0 aliphatic heterocycles. The lowest BCUT2D eigenvalue weighted by molar-refractivity contribution is -0.275. The lowest BCUT2D eigenvalue weighted by Crippen LogP contribution is -2.17. The van der Waals surface area contributed by atoms with E-state index in [0.29, 0.717) is 10.8 Å². The molecule has 0 atom stereocenters. The Hall–Kier alpha value is -2.89. The third-order valence-electron chi connectivity index (χ3n) is 4.12. The van der Waals surface area contributed by atoms with Crippen molar-refractivity contribution in [2.75, 3.05) is 0 Å². The Morgan fingerprint density at radius 2 is 1.74 bits per heavy atom. The normalized spacial score (nSPS) is 11.6. The van der Waals surface area contributed by atoms with E-state index in [1.165, 1.54) is 12.1 Å². The molecule has 0 fully saturated rings. The van der Waals surface area contributed by atoms with E-state index in [1.54, 1.807) is 24.3 Å². The second-order valence-corrected chi connectivity index (χ2v) is 6.00. The van der Waals surface area contributed by atoms with E-state index in [4.69, 9.17) is 0 Å². The molecule has 1 nitrogen and oxygen atoms in total. The molecule has 6 heteroatoms. The van der Waals surface area contributed by atoms with Crippen LogP contribution in [0.3, 0.4) is 0 Å². The van der Waals surface area contributed by atoms with Gasteiger partial charge in [-0.2, -0.15) is 0 Å². The van der Waals surface area contributed by atoms with Crippen molar-refractivity contribution in [1.82, 2.24) is 0 Å². The van der Waals surface area contributed by atoms with Crippen LogP contribution in [0.15, 0.2) is 61.2 Å². The highest BCUT2D eigenvalue weighted by atomic mass is 19.4. The highest BCUT2D eigenvalue weighted by Gasteiger charge is 2.32. The van der Waals surface area contributed by atoms with Gasteiger partial charge in [0.25, 0.3) is 0 Å². The van der Waals surface area contributed by atoms with Crippen LogP contribution in [0.1, 0.15) is 12.0 Å². The summed E-state index contributed by atoms with van der Waals surface area (Å²) in [5.74, 6) is -2.74. The number of hydrogen-bond acceptors (Lipinski definition) is 1. The Labute approximate surface area is 152 Å². The molecular formula is C21H15F5O.